The number of carbonyl (C=O) groups is 1. The third-order valence-corrected chi connectivity index (χ3v) is 16.7. The molecule has 0 aliphatic heterocycles. The van der Waals surface area contributed by atoms with E-state index in [0.29, 0.717) is 24.8 Å². The number of methoxy groups -OCH3 is 1. The Labute approximate surface area is 320 Å². The standard InChI is InChI=1S/C34H48O6S4.C5H10O/c1-29(41)16-21-20-10-11-23-33(43)14-13-24(36)31(3,42)22(33)12-15-34(23,44)30(20,2)25(37)17-32(21,18-35)27(26(29)39-4)40-28(38)19-8-6-5-7-9-19;1-3-5(2)4-6/h5-10,21-27,35-37,41-44H,11-18H2,1-4H3;3,6H,4H2,1-2H3/b;5-3-/t21?,22?,23?,24?,25-,26?,27-,29+,30-,31+,32?,33?,34?;/m0./s1. The lowest BCUT2D eigenvalue weighted by molar-refractivity contribution is -0.203. The Morgan fingerprint density at radius 2 is 1.60 bits per heavy atom. The summed E-state index contributed by atoms with van der Waals surface area (Å²) in [5.41, 5.74) is 0.785. The predicted molar refractivity (Wildman–Crippen MR) is 212 cm³/mol. The van der Waals surface area contributed by atoms with Crippen molar-refractivity contribution in [2.45, 2.75) is 123 Å². The van der Waals surface area contributed by atoms with Crippen LogP contribution in [0.5, 0.6) is 0 Å². The SMILES string of the molecule is C/C=C(/C)CO.COC1[C@H](OC(=O)c2ccccc2)C2(CO)C[C@H](O)[C@]3(C)C(=CCC4C5(S)CCC(O)[C@](C)(S)C5CCC43S)C2C[C@@]1(C)S. The Hall–Kier alpha value is -0.630. The highest BCUT2D eigenvalue weighted by Crippen LogP contribution is 2.73. The number of benzene rings is 1. The zero-order valence-electron chi connectivity index (χ0n) is 30.2. The second-order valence-corrected chi connectivity index (χ2v) is 19.9. The van der Waals surface area contributed by atoms with E-state index in [2.05, 4.69) is 13.0 Å². The molecule has 280 valence electrons. The molecule has 0 spiro atoms. The smallest absolute Gasteiger partial charge is 0.338 e. The molecule has 11 heteroatoms. The van der Waals surface area contributed by atoms with Gasteiger partial charge in [-0.1, -0.05) is 48.4 Å². The second kappa shape index (κ2) is 14.5. The third kappa shape index (κ3) is 6.18. The van der Waals surface area contributed by atoms with Crippen molar-refractivity contribution in [3.63, 3.8) is 0 Å². The summed E-state index contributed by atoms with van der Waals surface area (Å²) in [5, 5.41) is 42.9. The normalized spacial score (nSPS) is 46.9. The number of hydrogen-bond acceptors (Lipinski definition) is 11. The van der Waals surface area contributed by atoms with Crippen molar-refractivity contribution in [3.8, 4) is 0 Å². The average molecular weight is 767 g/mol. The Kier molecular flexibility index (Phi) is 11.8. The lowest BCUT2D eigenvalue weighted by Crippen LogP contribution is -2.74. The first-order chi connectivity index (χ1) is 23.3. The second-order valence-electron chi connectivity index (χ2n) is 16.3. The van der Waals surface area contributed by atoms with Crippen molar-refractivity contribution in [1.82, 2.24) is 0 Å². The molecule has 5 aliphatic rings. The van der Waals surface area contributed by atoms with Crippen molar-refractivity contribution in [1.29, 1.82) is 0 Å². The van der Waals surface area contributed by atoms with E-state index in [1.54, 1.807) is 31.4 Å². The van der Waals surface area contributed by atoms with Crippen LogP contribution in [-0.4, -0.2) is 90.1 Å². The number of hydrogen-bond donors (Lipinski definition) is 8. The quantitative estimate of drug-likeness (QED) is 0.103. The minimum atomic E-state index is -0.983. The lowest BCUT2D eigenvalue weighted by atomic mass is 9.40. The van der Waals surface area contributed by atoms with Gasteiger partial charge >= 0.3 is 5.97 Å². The summed E-state index contributed by atoms with van der Waals surface area (Å²) >= 11 is 21.2. The maximum atomic E-state index is 13.5. The van der Waals surface area contributed by atoms with Crippen LogP contribution in [0.1, 0.15) is 89.9 Å². The van der Waals surface area contributed by atoms with E-state index in [4.69, 9.17) is 65.1 Å². The van der Waals surface area contributed by atoms with E-state index >= 15 is 0 Å². The van der Waals surface area contributed by atoms with Crippen LogP contribution in [0.3, 0.4) is 0 Å². The number of aliphatic hydroxyl groups excluding tert-OH is 4. The van der Waals surface area contributed by atoms with Gasteiger partial charge < -0.3 is 29.9 Å². The van der Waals surface area contributed by atoms with Crippen LogP contribution in [-0.2, 0) is 9.47 Å². The summed E-state index contributed by atoms with van der Waals surface area (Å²) < 4.78 is 10.1. The Balaban J connectivity index is 0.000000745. The Morgan fingerprint density at radius 1 is 0.940 bits per heavy atom. The van der Waals surface area contributed by atoms with E-state index in [9.17, 15) is 20.1 Å². The molecule has 0 heterocycles. The molecule has 5 aliphatic carbocycles. The fourth-order valence-corrected chi connectivity index (χ4v) is 13.4. The van der Waals surface area contributed by atoms with Gasteiger partial charge in [-0.25, -0.2) is 4.79 Å². The molecule has 50 heavy (non-hydrogen) atoms. The van der Waals surface area contributed by atoms with E-state index < -0.39 is 60.2 Å². The van der Waals surface area contributed by atoms with Crippen LogP contribution in [0.15, 0.2) is 53.6 Å². The fraction of sp³-hybridized carbons (Fsp3) is 0.718. The highest BCUT2D eigenvalue weighted by atomic mass is 32.1. The van der Waals surface area contributed by atoms with Gasteiger partial charge in [0.05, 0.1) is 31.0 Å². The van der Waals surface area contributed by atoms with E-state index in [1.807, 2.05) is 39.8 Å². The van der Waals surface area contributed by atoms with Gasteiger partial charge in [-0.2, -0.15) is 50.5 Å². The first-order valence-corrected chi connectivity index (χ1v) is 19.7. The predicted octanol–water partition coefficient (Wildman–Crippen LogP) is 6.17. The first-order valence-electron chi connectivity index (χ1n) is 17.9. The Bertz CT molecular complexity index is 1470. The minimum absolute atomic E-state index is 0.0359. The molecule has 6 rings (SSSR count). The third-order valence-electron chi connectivity index (χ3n) is 13.8. The van der Waals surface area contributed by atoms with Gasteiger partial charge in [0.15, 0.2) is 0 Å². The monoisotopic (exact) mass is 766 g/mol. The number of fused-ring (bicyclic) bond motifs is 7. The minimum Gasteiger partial charge on any atom is -0.455 e. The van der Waals surface area contributed by atoms with Crippen LogP contribution in [0.25, 0.3) is 0 Å². The maximum absolute atomic E-state index is 13.5. The van der Waals surface area contributed by atoms with Crippen LogP contribution >= 0.6 is 50.5 Å². The molecule has 4 saturated carbocycles. The molecular weight excluding hydrogens is 709 g/mol. The zero-order chi connectivity index (χ0) is 37.1. The summed E-state index contributed by atoms with van der Waals surface area (Å²) in [4.78, 5) is 13.5. The number of carbonyl (C=O) groups excluding carboxylic acids is 1. The molecule has 1 aromatic rings. The molecule has 7 nitrogen and oxygen atoms in total. The van der Waals surface area contributed by atoms with Gasteiger partial charge in [0.1, 0.15) is 12.2 Å². The van der Waals surface area contributed by atoms with Crippen molar-refractivity contribution in [2.24, 2.45) is 28.6 Å². The molecule has 4 N–H and O–H groups in total. The molecule has 1 aromatic carbocycles. The van der Waals surface area contributed by atoms with Gasteiger partial charge in [-0.05, 0) is 103 Å². The van der Waals surface area contributed by atoms with Crippen molar-refractivity contribution >= 4 is 56.5 Å². The average Bonchev–Trinajstić information content (AvgIpc) is 3.08. The van der Waals surface area contributed by atoms with Gasteiger partial charge in [0.2, 0.25) is 0 Å². The Morgan fingerprint density at radius 3 is 2.16 bits per heavy atom. The highest BCUT2D eigenvalue weighted by Gasteiger charge is 2.74. The molecular formula is C39H58O7S4. The van der Waals surface area contributed by atoms with Crippen molar-refractivity contribution in [2.75, 3.05) is 20.3 Å². The molecule has 8 unspecified atom stereocenters. The summed E-state index contributed by atoms with van der Waals surface area (Å²) in [5.74, 6) is -0.601. The summed E-state index contributed by atoms with van der Waals surface area (Å²) in [6.45, 7) is 9.89. The molecule has 0 radical (unpaired) electrons. The van der Waals surface area contributed by atoms with E-state index in [-0.39, 0.29) is 37.4 Å². The number of ether oxygens (including phenoxy) is 2. The van der Waals surface area contributed by atoms with Gasteiger partial charge in [0, 0.05) is 36.9 Å². The van der Waals surface area contributed by atoms with Gasteiger partial charge in [0.25, 0.3) is 0 Å². The number of esters is 1. The van der Waals surface area contributed by atoms with Crippen LogP contribution in [0, 0.1) is 28.6 Å². The number of rotatable bonds is 5. The van der Waals surface area contributed by atoms with Crippen LogP contribution < -0.4 is 0 Å². The van der Waals surface area contributed by atoms with Crippen LogP contribution in [0.4, 0.5) is 0 Å². The first kappa shape index (κ1) is 40.6. The fourth-order valence-electron chi connectivity index (χ4n) is 10.7. The molecule has 0 amide bonds. The highest BCUT2D eigenvalue weighted by molar-refractivity contribution is 7.83. The van der Waals surface area contributed by atoms with Crippen molar-refractivity contribution in [3.05, 3.63) is 59.2 Å². The molecule has 0 bridgehead atoms. The summed E-state index contributed by atoms with van der Waals surface area (Å²) in [6, 6.07) is 8.84. The molecule has 0 aromatic heterocycles. The molecule has 0 saturated heterocycles. The van der Waals surface area contributed by atoms with Gasteiger partial charge in [-0.3, -0.25) is 0 Å². The summed E-state index contributed by atoms with van der Waals surface area (Å²) in [7, 11) is 1.59. The molecule has 4 fully saturated rings. The largest absolute Gasteiger partial charge is 0.455 e. The number of thiol groups is 4. The topological polar surface area (TPSA) is 116 Å². The summed E-state index contributed by atoms with van der Waals surface area (Å²) in [6.07, 6.45) is 5.74. The maximum Gasteiger partial charge on any atom is 0.338 e. The van der Waals surface area contributed by atoms with Crippen LogP contribution in [0.2, 0.25) is 0 Å². The van der Waals surface area contributed by atoms with Crippen molar-refractivity contribution < 1.29 is 34.7 Å². The zero-order valence-corrected chi connectivity index (χ0v) is 33.8. The number of aliphatic hydroxyl groups is 4. The number of allylic oxidation sites excluding steroid dienone is 2. The lowest BCUT2D eigenvalue weighted by Gasteiger charge is -2.71. The van der Waals surface area contributed by atoms with Gasteiger partial charge in [-0.15, -0.1) is 0 Å². The van der Waals surface area contributed by atoms with E-state index in [1.165, 1.54) is 0 Å². The molecule has 13 atom stereocenters. The van der Waals surface area contributed by atoms with E-state index in [0.717, 1.165) is 30.4 Å².